The van der Waals surface area contributed by atoms with E-state index in [0.717, 1.165) is 0 Å². The third-order valence-corrected chi connectivity index (χ3v) is 6.32. The van der Waals surface area contributed by atoms with Crippen LogP contribution in [0.25, 0.3) is 0 Å². The second-order valence-corrected chi connectivity index (χ2v) is 8.99. The van der Waals surface area contributed by atoms with Crippen molar-refractivity contribution in [2.45, 2.75) is 143 Å². The predicted molar refractivity (Wildman–Crippen MR) is 126 cm³/mol. The van der Waals surface area contributed by atoms with Crippen LogP contribution in [0.3, 0.4) is 0 Å². The summed E-state index contributed by atoms with van der Waals surface area (Å²) < 4.78 is 0. The smallest absolute Gasteiger partial charge is 0.101 e. The molecule has 0 saturated carbocycles. The molecule has 0 N–H and O–H groups in total. The summed E-state index contributed by atoms with van der Waals surface area (Å²) >= 11 is 0. The van der Waals surface area contributed by atoms with Gasteiger partial charge in [-0.25, -0.2) is 0 Å². The van der Waals surface area contributed by atoms with Gasteiger partial charge in [-0.1, -0.05) is 111 Å². The lowest BCUT2D eigenvalue weighted by molar-refractivity contribution is 0.136. The molecule has 2 heteroatoms. The molecule has 0 spiro atoms. The van der Waals surface area contributed by atoms with Gasteiger partial charge in [-0.2, -0.15) is 0 Å². The van der Waals surface area contributed by atoms with Crippen molar-refractivity contribution in [3.63, 3.8) is 0 Å². The normalized spacial score (nSPS) is 16.5. The Bertz CT molecular complexity index is 352. The summed E-state index contributed by atoms with van der Waals surface area (Å²) in [6, 6.07) is 0. The minimum atomic E-state index is 0.643. The molecule has 2 nitrogen and oxygen atoms in total. The van der Waals surface area contributed by atoms with Crippen molar-refractivity contribution in [1.29, 1.82) is 0 Å². The van der Waals surface area contributed by atoms with Gasteiger partial charge < -0.3 is 9.80 Å². The topological polar surface area (TPSA) is 6.48 Å². The van der Waals surface area contributed by atoms with Crippen LogP contribution in [-0.2, 0) is 0 Å². The van der Waals surface area contributed by atoms with Crippen molar-refractivity contribution in [3.05, 3.63) is 12.4 Å². The fourth-order valence-electron chi connectivity index (χ4n) is 4.41. The van der Waals surface area contributed by atoms with E-state index in [2.05, 4.69) is 43.0 Å². The first-order chi connectivity index (χ1) is 13.8. The summed E-state index contributed by atoms with van der Waals surface area (Å²) in [4.78, 5) is 5.28. The van der Waals surface area contributed by atoms with Crippen LogP contribution in [0, 0.1) is 0 Å². The number of nitrogens with zero attached hydrogens (tertiary/aromatic N) is 2. The average molecular weight is 393 g/mol. The van der Waals surface area contributed by atoms with Crippen molar-refractivity contribution in [1.82, 2.24) is 9.80 Å². The highest BCUT2D eigenvalue weighted by molar-refractivity contribution is 4.96. The molecule has 0 aromatic rings. The summed E-state index contributed by atoms with van der Waals surface area (Å²) in [5.74, 6) is 0. The lowest BCUT2D eigenvalue weighted by Crippen LogP contribution is -2.39. The SMILES string of the molecule is CCCCCCCCCCCCN1C=CN(CCCCCCC)C1CCCC. The molecule has 0 aromatic heterocycles. The Morgan fingerprint density at radius 1 is 0.464 bits per heavy atom. The van der Waals surface area contributed by atoms with Crippen molar-refractivity contribution in [2.75, 3.05) is 13.1 Å². The lowest BCUT2D eigenvalue weighted by Gasteiger charge is -2.33. The van der Waals surface area contributed by atoms with Gasteiger partial charge in [0.05, 0.1) is 0 Å². The zero-order valence-electron chi connectivity index (χ0n) is 19.8. The fraction of sp³-hybridized carbons (Fsp3) is 0.923. The Balaban J connectivity index is 2.14. The van der Waals surface area contributed by atoms with E-state index in [1.807, 2.05) is 0 Å². The van der Waals surface area contributed by atoms with Crippen LogP contribution in [-0.4, -0.2) is 29.1 Å². The highest BCUT2D eigenvalue weighted by Crippen LogP contribution is 2.23. The Kier molecular flexibility index (Phi) is 16.7. The molecule has 0 saturated heterocycles. The fourth-order valence-corrected chi connectivity index (χ4v) is 4.41. The summed E-state index contributed by atoms with van der Waals surface area (Å²) in [6.45, 7) is 9.44. The molecule has 0 fully saturated rings. The number of rotatable bonds is 20. The largest absolute Gasteiger partial charge is 0.356 e. The minimum Gasteiger partial charge on any atom is -0.356 e. The van der Waals surface area contributed by atoms with E-state index >= 15 is 0 Å². The van der Waals surface area contributed by atoms with E-state index in [4.69, 9.17) is 0 Å². The molecule has 0 radical (unpaired) electrons. The first kappa shape index (κ1) is 25.4. The Morgan fingerprint density at radius 2 is 0.821 bits per heavy atom. The van der Waals surface area contributed by atoms with Crippen molar-refractivity contribution >= 4 is 0 Å². The molecule has 0 bridgehead atoms. The van der Waals surface area contributed by atoms with E-state index < -0.39 is 0 Å². The van der Waals surface area contributed by atoms with Crippen LogP contribution in [0.1, 0.15) is 136 Å². The number of hydrogen-bond donors (Lipinski definition) is 0. The van der Waals surface area contributed by atoms with Crippen LogP contribution in [0.15, 0.2) is 12.4 Å². The zero-order chi connectivity index (χ0) is 20.3. The standard InChI is InChI=1S/C26H52N2/c1-4-7-10-12-13-14-15-16-18-20-23-28-25-24-27(26(28)21-9-6-3)22-19-17-11-8-5-2/h24-26H,4-23H2,1-3H3. The Hall–Kier alpha value is -0.660. The third kappa shape index (κ3) is 12.0. The zero-order valence-corrected chi connectivity index (χ0v) is 19.8. The quantitative estimate of drug-likeness (QED) is 0.192. The first-order valence-corrected chi connectivity index (χ1v) is 13.0. The summed E-state index contributed by atoms with van der Waals surface area (Å²) in [7, 11) is 0. The second kappa shape index (κ2) is 18.4. The summed E-state index contributed by atoms with van der Waals surface area (Å²) in [5, 5.41) is 0. The van der Waals surface area contributed by atoms with Gasteiger partial charge >= 0.3 is 0 Å². The lowest BCUT2D eigenvalue weighted by atomic mass is 10.1. The van der Waals surface area contributed by atoms with Gasteiger partial charge in [0.1, 0.15) is 6.17 Å². The van der Waals surface area contributed by atoms with E-state index in [1.54, 1.807) is 0 Å². The van der Waals surface area contributed by atoms with Crippen molar-refractivity contribution < 1.29 is 0 Å². The molecular weight excluding hydrogens is 340 g/mol. The molecule has 1 atom stereocenters. The highest BCUT2D eigenvalue weighted by atomic mass is 15.4. The molecule has 1 unspecified atom stereocenters. The summed E-state index contributed by atoms with van der Waals surface area (Å²) in [6.07, 6.45) is 30.6. The molecule has 28 heavy (non-hydrogen) atoms. The van der Waals surface area contributed by atoms with Crippen LogP contribution < -0.4 is 0 Å². The maximum absolute atomic E-state index is 2.65. The molecule has 0 aliphatic carbocycles. The molecule has 1 aliphatic heterocycles. The van der Waals surface area contributed by atoms with E-state index in [-0.39, 0.29) is 0 Å². The maximum atomic E-state index is 2.65. The van der Waals surface area contributed by atoms with Crippen LogP contribution >= 0.6 is 0 Å². The molecular formula is C26H52N2. The van der Waals surface area contributed by atoms with Crippen molar-refractivity contribution in [2.24, 2.45) is 0 Å². The van der Waals surface area contributed by atoms with Gasteiger partial charge in [-0.05, 0) is 25.7 Å². The van der Waals surface area contributed by atoms with Crippen LogP contribution in [0.5, 0.6) is 0 Å². The van der Waals surface area contributed by atoms with Crippen LogP contribution in [0.2, 0.25) is 0 Å². The number of hydrogen-bond acceptors (Lipinski definition) is 2. The van der Waals surface area contributed by atoms with Gasteiger partial charge in [-0.3, -0.25) is 0 Å². The third-order valence-electron chi connectivity index (χ3n) is 6.32. The molecule has 1 rings (SSSR count). The van der Waals surface area contributed by atoms with Crippen molar-refractivity contribution in [3.8, 4) is 0 Å². The van der Waals surface area contributed by atoms with Gasteiger partial charge in [0, 0.05) is 25.5 Å². The van der Waals surface area contributed by atoms with Gasteiger partial charge in [0.15, 0.2) is 0 Å². The number of unbranched alkanes of at least 4 members (excludes halogenated alkanes) is 14. The van der Waals surface area contributed by atoms with Gasteiger partial charge in [0.2, 0.25) is 0 Å². The Morgan fingerprint density at radius 3 is 1.21 bits per heavy atom. The first-order valence-electron chi connectivity index (χ1n) is 13.0. The second-order valence-electron chi connectivity index (χ2n) is 8.99. The highest BCUT2D eigenvalue weighted by Gasteiger charge is 2.24. The minimum absolute atomic E-state index is 0.643. The molecule has 0 aromatic carbocycles. The average Bonchev–Trinajstić information content (AvgIpc) is 3.09. The van der Waals surface area contributed by atoms with Crippen LogP contribution in [0.4, 0.5) is 0 Å². The van der Waals surface area contributed by atoms with E-state index in [9.17, 15) is 0 Å². The molecule has 1 heterocycles. The molecule has 166 valence electrons. The molecule has 1 aliphatic rings. The maximum Gasteiger partial charge on any atom is 0.101 e. The van der Waals surface area contributed by atoms with E-state index in [1.165, 1.54) is 129 Å². The van der Waals surface area contributed by atoms with E-state index in [0.29, 0.717) is 6.17 Å². The molecule has 0 amide bonds. The van der Waals surface area contributed by atoms with Gasteiger partial charge in [-0.15, -0.1) is 0 Å². The Labute approximate surface area is 178 Å². The van der Waals surface area contributed by atoms with Gasteiger partial charge in [0.25, 0.3) is 0 Å². The summed E-state index contributed by atoms with van der Waals surface area (Å²) in [5.41, 5.74) is 0. The predicted octanol–water partition coefficient (Wildman–Crippen LogP) is 8.48. The monoisotopic (exact) mass is 392 g/mol.